The normalized spacial score (nSPS) is 20.4. The predicted molar refractivity (Wildman–Crippen MR) is 88.1 cm³/mol. The summed E-state index contributed by atoms with van der Waals surface area (Å²) in [5.41, 5.74) is 0. The summed E-state index contributed by atoms with van der Waals surface area (Å²) in [6.45, 7) is 1.99. The van der Waals surface area contributed by atoms with Crippen molar-refractivity contribution in [3.63, 3.8) is 0 Å². The Labute approximate surface area is 141 Å². The van der Waals surface area contributed by atoms with Crippen molar-refractivity contribution in [1.82, 2.24) is 15.5 Å². The van der Waals surface area contributed by atoms with Crippen molar-refractivity contribution >= 4 is 11.9 Å². The zero-order valence-electron chi connectivity index (χ0n) is 13.8. The highest BCUT2D eigenvalue weighted by Crippen LogP contribution is 2.30. The van der Waals surface area contributed by atoms with Gasteiger partial charge in [-0.1, -0.05) is 12.1 Å². The molecule has 0 radical (unpaired) electrons. The second-order valence-electron chi connectivity index (χ2n) is 6.06. The minimum absolute atomic E-state index is 0.00521. The van der Waals surface area contributed by atoms with Crippen LogP contribution in [0.5, 0.6) is 11.5 Å². The van der Waals surface area contributed by atoms with E-state index in [0.717, 1.165) is 5.75 Å². The van der Waals surface area contributed by atoms with E-state index in [1.165, 1.54) is 0 Å². The van der Waals surface area contributed by atoms with E-state index in [-0.39, 0.29) is 24.0 Å². The smallest absolute Gasteiger partial charge is 0.317 e. The second kappa shape index (κ2) is 7.42. The number of carbonyl (C=O) groups is 2. The number of amides is 3. The maximum atomic E-state index is 12.3. The van der Waals surface area contributed by atoms with Crippen LogP contribution in [0.2, 0.25) is 0 Å². The molecule has 2 aliphatic rings. The van der Waals surface area contributed by atoms with Crippen LogP contribution >= 0.6 is 0 Å². The van der Waals surface area contributed by atoms with E-state index >= 15 is 0 Å². The number of fused-ring (bicyclic) bond motifs is 1. The van der Waals surface area contributed by atoms with Gasteiger partial charge in [0, 0.05) is 26.1 Å². The molecule has 7 heteroatoms. The molecule has 7 nitrogen and oxygen atoms in total. The Bertz CT molecular complexity index is 599. The van der Waals surface area contributed by atoms with E-state index in [2.05, 4.69) is 10.6 Å². The molecule has 1 aromatic rings. The van der Waals surface area contributed by atoms with E-state index in [4.69, 9.17) is 9.47 Å². The second-order valence-corrected chi connectivity index (χ2v) is 6.06. The van der Waals surface area contributed by atoms with Gasteiger partial charge < -0.3 is 25.0 Å². The van der Waals surface area contributed by atoms with Gasteiger partial charge in [-0.15, -0.1) is 0 Å². The van der Waals surface area contributed by atoms with Gasteiger partial charge in [0.05, 0.1) is 6.54 Å². The SMILES string of the molecule is CNC(=O)C1CCN(C(=O)NCC2COc3ccccc3O2)CC1. The monoisotopic (exact) mass is 333 g/mol. The molecule has 0 spiro atoms. The van der Waals surface area contributed by atoms with Crippen molar-refractivity contribution in [2.45, 2.75) is 18.9 Å². The minimum atomic E-state index is -0.202. The number of hydrogen-bond donors (Lipinski definition) is 2. The van der Waals surface area contributed by atoms with Crippen LogP contribution in [0, 0.1) is 5.92 Å². The van der Waals surface area contributed by atoms with E-state index in [0.29, 0.717) is 44.8 Å². The standard InChI is InChI=1S/C17H23N3O4/c1-18-16(21)12-6-8-20(9-7-12)17(22)19-10-13-11-23-14-4-2-3-5-15(14)24-13/h2-5,12-13H,6-11H2,1H3,(H,18,21)(H,19,22). The summed E-state index contributed by atoms with van der Waals surface area (Å²) in [5.74, 6) is 1.50. The molecular weight excluding hydrogens is 310 g/mol. The van der Waals surface area contributed by atoms with Crippen LogP contribution in [0.4, 0.5) is 4.79 Å². The number of benzene rings is 1. The van der Waals surface area contributed by atoms with Gasteiger partial charge in [-0.2, -0.15) is 0 Å². The Morgan fingerprint density at radius 3 is 2.62 bits per heavy atom. The molecule has 3 rings (SSSR count). The first-order valence-electron chi connectivity index (χ1n) is 8.30. The van der Waals surface area contributed by atoms with E-state index < -0.39 is 0 Å². The van der Waals surface area contributed by atoms with Crippen molar-refractivity contribution in [3.05, 3.63) is 24.3 Å². The van der Waals surface area contributed by atoms with Gasteiger partial charge >= 0.3 is 6.03 Å². The maximum Gasteiger partial charge on any atom is 0.317 e. The zero-order valence-corrected chi connectivity index (χ0v) is 13.8. The number of para-hydroxylation sites is 2. The van der Waals surface area contributed by atoms with Crippen molar-refractivity contribution in [3.8, 4) is 11.5 Å². The lowest BCUT2D eigenvalue weighted by atomic mass is 9.96. The van der Waals surface area contributed by atoms with Crippen LogP contribution in [0.3, 0.4) is 0 Å². The molecule has 2 aliphatic heterocycles. The van der Waals surface area contributed by atoms with Gasteiger partial charge in [0.2, 0.25) is 5.91 Å². The highest BCUT2D eigenvalue weighted by Gasteiger charge is 2.27. The van der Waals surface area contributed by atoms with Crippen molar-refractivity contribution in [2.24, 2.45) is 5.92 Å². The average Bonchev–Trinajstić information content (AvgIpc) is 2.65. The average molecular weight is 333 g/mol. The molecule has 0 aliphatic carbocycles. The van der Waals surface area contributed by atoms with E-state index in [9.17, 15) is 9.59 Å². The van der Waals surface area contributed by atoms with Gasteiger partial charge in [-0.25, -0.2) is 4.79 Å². The number of ether oxygens (including phenoxy) is 2. The lowest BCUT2D eigenvalue weighted by Crippen LogP contribution is -2.49. The molecule has 1 atom stereocenters. The molecule has 0 aromatic heterocycles. The van der Waals surface area contributed by atoms with Crippen LogP contribution < -0.4 is 20.1 Å². The highest BCUT2D eigenvalue weighted by molar-refractivity contribution is 5.79. The Morgan fingerprint density at radius 1 is 1.21 bits per heavy atom. The molecule has 1 fully saturated rings. The molecule has 1 saturated heterocycles. The Morgan fingerprint density at radius 2 is 1.92 bits per heavy atom. The first-order valence-corrected chi connectivity index (χ1v) is 8.30. The van der Waals surface area contributed by atoms with Crippen molar-refractivity contribution < 1.29 is 19.1 Å². The number of carbonyl (C=O) groups excluding carboxylic acids is 2. The first-order chi connectivity index (χ1) is 11.7. The Hall–Kier alpha value is -2.44. The van der Waals surface area contributed by atoms with E-state index in [1.54, 1.807) is 11.9 Å². The summed E-state index contributed by atoms with van der Waals surface area (Å²) in [6, 6.07) is 7.38. The van der Waals surface area contributed by atoms with Gasteiger partial charge in [0.1, 0.15) is 6.61 Å². The summed E-state index contributed by atoms with van der Waals surface area (Å²) in [7, 11) is 1.64. The van der Waals surface area contributed by atoms with Crippen molar-refractivity contribution in [2.75, 3.05) is 33.3 Å². The lowest BCUT2D eigenvalue weighted by Gasteiger charge is -2.32. The largest absolute Gasteiger partial charge is 0.486 e. The molecule has 130 valence electrons. The Kier molecular flexibility index (Phi) is 5.08. The summed E-state index contributed by atoms with van der Waals surface area (Å²) < 4.78 is 11.5. The van der Waals surface area contributed by atoms with Crippen LogP contribution in [0.1, 0.15) is 12.8 Å². The molecule has 0 saturated carbocycles. The summed E-state index contributed by atoms with van der Waals surface area (Å²) in [5, 5.41) is 5.56. The molecule has 2 N–H and O–H groups in total. The molecule has 1 unspecified atom stereocenters. The topological polar surface area (TPSA) is 79.9 Å². The van der Waals surface area contributed by atoms with Crippen LogP contribution in [-0.4, -0.2) is 56.2 Å². The minimum Gasteiger partial charge on any atom is -0.486 e. The molecule has 2 heterocycles. The number of hydrogen-bond acceptors (Lipinski definition) is 4. The molecule has 1 aromatic carbocycles. The maximum absolute atomic E-state index is 12.3. The summed E-state index contributed by atoms with van der Waals surface area (Å²) in [4.78, 5) is 25.6. The van der Waals surface area contributed by atoms with Crippen LogP contribution in [0.25, 0.3) is 0 Å². The quantitative estimate of drug-likeness (QED) is 0.865. The molecule has 3 amide bonds. The summed E-state index contributed by atoms with van der Waals surface area (Å²) >= 11 is 0. The Balaban J connectivity index is 1.43. The van der Waals surface area contributed by atoms with Crippen molar-refractivity contribution in [1.29, 1.82) is 0 Å². The third kappa shape index (κ3) is 3.72. The number of nitrogens with zero attached hydrogens (tertiary/aromatic N) is 1. The number of urea groups is 1. The fourth-order valence-electron chi connectivity index (χ4n) is 3.03. The first kappa shape index (κ1) is 16.4. The highest BCUT2D eigenvalue weighted by atomic mass is 16.6. The number of rotatable bonds is 3. The molecule has 0 bridgehead atoms. The van der Waals surface area contributed by atoms with Gasteiger partial charge in [-0.3, -0.25) is 4.79 Å². The van der Waals surface area contributed by atoms with Crippen LogP contribution in [-0.2, 0) is 4.79 Å². The third-order valence-corrected chi connectivity index (χ3v) is 4.45. The number of nitrogens with one attached hydrogen (secondary N) is 2. The van der Waals surface area contributed by atoms with Gasteiger partial charge in [-0.05, 0) is 25.0 Å². The number of piperidine rings is 1. The van der Waals surface area contributed by atoms with Gasteiger partial charge in [0.25, 0.3) is 0 Å². The fraction of sp³-hybridized carbons (Fsp3) is 0.529. The third-order valence-electron chi connectivity index (χ3n) is 4.45. The van der Waals surface area contributed by atoms with E-state index in [1.807, 2.05) is 24.3 Å². The molecular formula is C17H23N3O4. The number of likely N-dealkylation sites (tertiary alicyclic amines) is 1. The van der Waals surface area contributed by atoms with Gasteiger partial charge in [0.15, 0.2) is 17.6 Å². The summed E-state index contributed by atoms with van der Waals surface area (Å²) in [6.07, 6.45) is 1.19. The fourth-order valence-corrected chi connectivity index (χ4v) is 3.03. The van der Waals surface area contributed by atoms with Crippen LogP contribution in [0.15, 0.2) is 24.3 Å². The molecule has 24 heavy (non-hydrogen) atoms. The predicted octanol–water partition coefficient (Wildman–Crippen LogP) is 0.994. The lowest BCUT2D eigenvalue weighted by molar-refractivity contribution is -0.125. The zero-order chi connectivity index (χ0) is 16.9.